The first-order chi connectivity index (χ1) is 5.70. The quantitative estimate of drug-likeness (QED) is 0.624. The first-order valence-electron chi connectivity index (χ1n) is 4.13. The topological polar surface area (TPSA) is 3.24 Å². The molecule has 2 heteroatoms. The van der Waals surface area contributed by atoms with Crippen LogP contribution in [0, 0.1) is 5.82 Å². The van der Waals surface area contributed by atoms with E-state index in [1.807, 2.05) is 32.8 Å². The van der Waals surface area contributed by atoms with Gasteiger partial charge < -0.3 is 4.90 Å². The molecule has 0 aliphatic carbocycles. The Labute approximate surface area is 73.8 Å². The van der Waals surface area contributed by atoms with Crippen LogP contribution in [0.2, 0.25) is 0 Å². The molecule has 0 heterocycles. The van der Waals surface area contributed by atoms with Crippen molar-refractivity contribution in [2.45, 2.75) is 13.8 Å². The van der Waals surface area contributed by atoms with Crippen LogP contribution in [0.4, 0.5) is 10.1 Å². The second-order valence-electron chi connectivity index (χ2n) is 2.37. The number of nitrogens with zero attached hydrogens (tertiary/aromatic N) is 1. The molecule has 0 spiro atoms. The Morgan fingerprint density at radius 2 is 1.42 bits per heavy atom. The van der Waals surface area contributed by atoms with Crippen LogP contribution in [0.25, 0.3) is 0 Å². The lowest BCUT2D eigenvalue weighted by atomic mass is 10.3. The SMILES string of the molecule is CC.CN(C)c1ccc(F)cc1. The van der Waals surface area contributed by atoms with Gasteiger partial charge in [0, 0.05) is 19.8 Å². The average molecular weight is 169 g/mol. The Kier molecular flexibility index (Phi) is 5.09. The molecule has 0 amide bonds. The summed E-state index contributed by atoms with van der Waals surface area (Å²) in [4.78, 5) is 1.93. The van der Waals surface area contributed by atoms with E-state index in [-0.39, 0.29) is 5.82 Å². The summed E-state index contributed by atoms with van der Waals surface area (Å²) in [6.45, 7) is 4.00. The fraction of sp³-hybridized carbons (Fsp3) is 0.400. The minimum atomic E-state index is -0.189. The summed E-state index contributed by atoms with van der Waals surface area (Å²) in [7, 11) is 3.85. The van der Waals surface area contributed by atoms with Crippen LogP contribution in [0.1, 0.15) is 13.8 Å². The van der Waals surface area contributed by atoms with Crippen molar-refractivity contribution in [2.75, 3.05) is 19.0 Å². The van der Waals surface area contributed by atoms with Crippen LogP contribution in [0.3, 0.4) is 0 Å². The van der Waals surface area contributed by atoms with E-state index in [1.54, 1.807) is 12.1 Å². The molecule has 0 saturated heterocycles. The molecule has 0 atom stereocenters. The zero-order chi connectivity index (χ0) is 9.56. The number of hydrogen-bond donors (Lipinski definition) is 0. The summed E-state index contributed by atoms with van der Waals surface area (Å²) in [5.41, 5.74) is 1.02. The minimum absolute atomic E-state index is 0.189. The molecule has 1 nitrogen and oxygen atoms in total. The van der Waals surface area contributed by atoms with Gasteiger partial charge in [-0.3, -0.25) is 0 Å². The Morgan fingerprint density at radius 3 is 1.75 bits per heavy atom. The first-order valence-corrected chi connectivity index (χ1v) is 4.13. The molecule has 1 aromatic carbocycles. The van der Waals surface area contributed by atoms with Crippen molar-refractivity contribution in [3.63, 3.8) is 0 Å². The number of rotatable bonds is 1. The van der Waals surface area contributed by atoms with E-state index in [0.29, 0.717) is 0 Å². The number of anilines is 1. The average Bonchev–Trinajstić information content (AvgIpc) is 2.09. The molecule has 0 fully saturated rings. The van der Waals surface area contributed by atoms with Gasteiger partial charge in [-0.25, -0.2) is 4.39 Å². The van der Waals surface area contributed by atoms with Gasteiger partial charge in [0.15, 0.2) is 0 Å². The molecule has 0 N–H and O–H groups in total. The molecule has 0 bridgehead atoms. The number of halogens is 1. The summed E-state index contributed by atoms with van der Waals surface area (Å²) in [6.07, 6.45) is 0. The Bertz CT molecular complexity index is 204. The molecule has 0 aromatic heterocycles. The second kappa shape index (κ2) is 5.58. The van der Waals surface area contributed by atoms with E-state index >= 15 is 0 Å². The summed E-state index contributed by atoms with van der Waals surface area (Å²) >= 11 is 0. The van der Waals surface area contributed by atoms with Crippen molar-refractivity contribution in [1.29, 1.82) is 0 Å². The van der Waals surface area contributed by atoms with E-state index in [1.165, 1.54) is 12.1 Å². The molecule has 1 aromatic rings. The predicted molar refractivity (Wildman–Crippen MR) is 52.1 cm³/mol. The van der Waals surface area contributed by atoms with Crippen LogP contribution < -0.4 is 4.90 Å². The van der Waals surface area contributed by atoms with Gasteiger partial charge in [-0.15, -0.1) is 0 Å². The third-order valence-corrected chi connectivity index (χ3v) is 1.34. The molecule has 68 valence electrons. The molecule has 0 radical (unpaired) electrons. The maximum absolute atomic E-state index is 12.3. The minimum Gasteiger partial charge on any atom is -0.378 e. The highest BCUT2D eigenvalue weighted by molar-refractivity contribution is 5.44. The largest absolute Gasteiger partial charge is 0.378 e. The lowest BCUT2D eigenvalue weighted by molar-refractivity contribution is 0.628. The summed E-state index contributed by atoms with van der Waals surface area (Å²) < 4.78 is 12.3. The van der Waals surface area contributed by atoms with Crippen molar-refractivity contribution >= 4 is 5.69 Å². The normalized spacial score (nSPS) is 8.42. The molecular formula is C10H16FN. The first kappa shape index (κ1) is 11.0. The smallest absolute Gasteiger partial charge is 0.123 e. The lowest BCUT2D eigenvalue weighted by Crippen LogP contribution is -2.07. The molecule has 0 saturated carbocycles. The Balaban J connectivity index is 0.000000561. The summed E-state index contributed by atoms with van der Waals surface area (Å²) in [5.74, 6) is -0.189. The lowest BCUT2D eigenvalue weighted by Gasteiger charge is -2.10. The van der Waals surface area contributed by atoms with Crippen molar-refractivity contribution in [2.24, 2.45) is 0 Å². The van der Waals surface area contributed by atoms with Gasteiger partial charge in [0.25, 0.3) is 0 Å². The van der Waals surface area contributed by atoms with Crippen LogP contribution in [0.5, 0.6) is 0 Å². The highest BCUT2D eigenvalue weighted by Gasteiger charge is 1.92. The predicted octanol–water partition coefficient (Wildman–Crippen LogP) is 2.92. The maximum Gasteiger partial charge on any atom is 0.123 e. The molecular weight excluding hydrogens is 153 g/mol. The van der Waals surface area contributed by atoms with Gasteiger partial charge in [0.1, 0.15) is 5.82 Å². The highest BCUT2D eigenvalue weighted by atomic mass is 19.1. The third kappa shape index (κ3) is 3.37. The third-order valence-electron chi connectivity index (χ3n) is 1.34. The molecule has 0 aliphatic heterocycles. The van der Waals surface area contributed by atoms with Crippen molar-refractivity contribution in [3.8, 4) is 0 Å². The van der Waals surface area contributed by atoms with Crippen LogP contribution in [-0.4, -0.2) is 14.1 Å². The zero-order valence-corrected chi connectivity index (χ0v) is 8.13. The fourth-order valence-corrected chi connectivity index (χ4v) is 0.739. The van der Waals surface area contributed by atoms with Crippen LogP contribution in [-0.2, 0) is 0 Å². The molecule has 1 rings (SSSR count). The summed E-state index contributed by atoms with van der Waals surface area (Å²) in [5, 5.41) is 0. The van der Waals surface area contributed by atoms with E-state index in [0.717, 1.165) is 5.69 Å². The molecule has 0 aliphatic rings. The van der Waals surface area contributed by atoms with E-state index in [9.17, 15) is 4.39 Å². The Morgan fingerprint density at radius 1 is 1.00 bits per heavy atom. The fourth-order valence-electron chi connectivity index (χ4n) is 0.739. The van der Waals surface area contributed by atoms with Gasteiger partial charge in [-0.1, -0.05) is 13.8 Å². The van der Waals surface area contributed by atoms with Gasteiger partial charge >= 0.3 is 0 Å². The van der Waals surface area contributed by atoms with Crippen molar-refractivity contribution < 1.29 is 4.39 Å². The second-order valence-corrected chi connectivity index (χ2v) is 2.37. The standard InChI is InChI=1S/C8H10FN.C2H6/c1-10(2)8-5-3-7(9)4-6-8;1-2/h3-6H,1-2H3;1-2H3. The maximum atomic E-state index is 12.3. The van der Waals surface area contributed by atoms with Gasteiger partial charge in [0.2, 0.25) is 0 Å². The van der Waals surface area contributed by atoms with Crippen LogP contribution in [0.15, 0.2) is 24.3 Å². The Hall–Kier alpha value is -1.05. The van der Waals surface area contributed by atoms with Gasteiger partial charge in [-0.2, -0.15) is 0 Å². The number of hydrogen-bond acceptors (Lipinski definition) is 1. The van der Waals surface area contributed by atoms with E-state index in [2.05, 4.69) is 0 Å². The van der Waals surface area contributed by atoms with E-state index < -0.39 is 0 Å². The number of benzene rings is 1. The monoisotopic (exact) mass is 169 g/mol. The highest BCUT2D eigenvalue weighted by Crippen LogP contribution is 2.10. The summed E-state index contributed by atoms with van der Waals surface area (Å²) in [6, 6.07) is 6.40. The van der Waals surface area contributed by atoms with Crippen LogP contribution >= 0.6 is 0 Å². The van der Waals surface area contributed by atoms with E-state index in [4.69, 9.17) is 0 Å². The van der Waals surface area contributed by atoms with Crippen molar-refractivity contribution in [1.82, 2.24) is 0 Å². The van der Waals surface area contributed by atoms with Gasteiger partial charge in [-0.05, 0) is 24.3 Å². The van der Waals surface area contributed by atoms with Gasteiger partial charge in [0.05, 0.1) is 0 Å². The molecule has 12 heavy (non-hydrogen) atoms. The zero-order valence-electron chi connectivity index (χ0n) is 8.13. The molecule has 0 unspecified atom stereocenters. The van der Waals surface area contributed by atoms with Crippen molar-refractivity contribution in [3.05, 3.63) is 30.1 Å².